The number of rotatable bonds is 6. The molecular formula is C55H34N4O. The predicted molar refractivity (Wildman–Crippen MR) is 246 cm³/mol. The zero-order chi connectivity index (χ0) is 39.6. The summed E-state index contributed by atoms with van der Waals surface area (Å²) in [6, 6.07) is 72.2. The van der Waals surface area contributed by atoms with Crippen molar-refractivity contribution >= 4 is 54.5 Å². The largest absolute Gasteiger partial charge is 0.456 e. The minimum Gasteiger partial charge on any atom is -0.456 e. The van der Waals surface area contributed by atoms with E-state index in [-0.39, 0.29) is 0 Å². The Kier molecular flexibility index (Phi) is 7.78. The molecule has 280 valence electrons. The van der Waals surface area contributed by atoms with Crippen molar-refractivity contribution in [1.82, 2.24) is 19.5 Å². The third-order valence-corrected chi connectivity index (χ3v) is 11.6. The first-order valence-electron chi connectivity index (χ1n) is 20.2. The average molecular weight is 767 g/mol. The van der Waals surface area contributed by atoms with Crippen molar-refractivity contribution in [3.63, 3.8) is 0 Å². The summed E-state index contributed by atoms with van der Waals surface area (Å²) in [5, 5.41) is 6.81. The van der Waals surface area contributed by atoms with Gasteiger partial charge in [-0.05, 0) is 81.6 Å². The van der Waals surface area contributed by atoms with Crippen LogP contribution in [-0.4, -0.2) is 19.5 Å². The normalized spacial score (nSPS) is 11.7. The van der Waals surface area contributed by atoms with Gasteiger partial charge in [0.1, 0.15) is 11.2 Å². The Morgan fingerprint density at radius 1 is 0.317 bits per heavy atom. The van der Waals surface area contributed by atoms with Crippen molar-refractivity contribution in [3.8, 4) is 62.1 Å². The Balaban J connectivity index is 1.17. The van der Waals surface area contributed by atoms with Gasteiger partial charge in [0.15, 0.2) is 17.5 Å². The zero-order valence-electron chi connectivity index (χ0n) is 32.3. The van der Waals surface area contributed by atoms with E-state index in [0.717, 1.165) is 77.6 Å². The molecule has 0 radical (unpaired) electrons. The first-order chi connectivity index (χ1) is 29.7. The first kappa shape index (κ1) is 33.9. The minimum atomic E-state index is 0.550. The number of nitrogens with zero attached hydrogens (tertiary/aromatic N) is 4. The molecule has 0 aliphatic carbocycles. The molecule has 60 heavy (non-hydrogen) atoms. The lowest BCUT2D eigenvalue weighted by atomic mass is 10.0. The van der Waals surface area contributed by atoms with Crippen molar-refractivity contribution < 1.29 is 4.42 Å². The third kappa shape index (κ3) is 5.67. The number of furan rings is 1. The van der Waals surface area contributed by atoms with Crippen LogP contribution in [0.5, 0.6) is 0 Å². The molecule has 0 saturated carbocycles. The van der Waals surface area contributed by atoms with Gasteiger partial charge in [-0.3, -0.25) is 0 Å². The molecule has 9 aromatic carbocycles. The van der Waals surface area contributed by atoms with Gasteiger partial charge in [0.25, 0.3) is 0 Å². The summed E-state index contributed by atoms with van der Waals surface area (Å²) in [4.78, 5) is 16.0. The Hall–Kier alpha value is -8.15. The van der Waals surface area contributed by atoms with Crippen LogP contribution in [0.3, 0.4) is 0 Å². The van der Waals surface area contributed by atoms with Crippen LogP contribution in [-0.2, 0) is 0 Å². The molecule has 3 heterocycles. The molecule has 0 atom stereocenters. The van der Waals surface area contributed by atoms with Gasteiger partial charge >= 0.3 is 0 Å². The highest BCUT2D eigenvalue weighted by molar-refractivity contribution is 6.15. The maximum absolute atomic E-state index is 6.60. The van der Waals surface area contributed by atoms with Gasteiger partial charge < -0.3 is 8.98 Å². The maximum Gasteiger partial charge on any atom is 0.166 e. The van der Waals surface area contributed by atoms with E-state index in [4.69, 9.17) is 19.4 Å². The molecule has 0 bridgehead atoms. The lowest BCUT2D eigenvalue weighted by molar-refractivity contribution is 0.669. The fourth-order valence-electron chi connectivity index (χ4n) is 8.73. The van der Waals surface area contributed by atoms with Gasteiger partial charge in [0, 0.05) is 38.2 Å². The van der Waals surface area contributed by atoms with Gasteiger partial charge in [0.2, 0.25) is 0 Å². The van der Waals surface area contributed by atoms with E-state index in [9.17, 15) is 0 Å². The van der Waals surface area contributed by atoms with Crippen LogP contribution in [0.1, 0.15) is 0 Å². The van der Waals surface area contributed by atoms with E-state index in [1.165, 1.54) is 21.5 Å². The number of benzene rings is 9. The Morgan fingerprint density at radius 3 is 1.53 bits per heavy atom. The molecule has 0 unspecified atom stereocenters. The topological polar surface area (TPSA) is 56.7 Å². The van der Waals surface area contributed by atoms with Gasteiger partial charge in [-0.1, -0.05) is 158 Å². The predicted octanol–water partition coefficient (Wildman–Crippen LogP) is 14.4. The molecule has 0 saturated heterocycles. The van der Waals surface area contributed by atoms with Crippen LogP contribution < -0.4 is 0 Å². The summed E-state index contributed by atoms with van der Waals surface area (Å²) < 4.78 is 8.98. The van der Waals surface area contributed by atoms with Gasteiger partial charge in [0.05, 0.1) is 16.7 Å². The van der Waals surface area contributed by atoms with Crippen molar-refractivity contribution in [3.05, 3.63) is 206 Å². The molecule has 0 fully saturated rings. The molecule has 0 N–H and O–H groups in total. The highest BCUT2D eigenvalue weighted by Crippen LogP contribution is 2.42. The van der Waals surface area contributed by atoms with Gasteiger partial charge in [-0.2, -0.15) is 0 Å². The summed E-state index contributed by atoms with van der Waals surface area (Å²) in [5.74, 6) is 1.72. The number of fused-ring (bicyclic) bond motifs is 7. The maximum atomic E-state index is 6.60. The summed E-state index contributed by atoms with van der Waals surface area (Å²) in [5.41, 5.74) is 11.8. The standard InChI is InChI=1S/C55H34N4O/c1-3-15-35(16-4-1)37-21-13-23-41(29-37)53-56-54(42-24-14-22-38(30-42)36-17-5-2-6-18-36)58-55(57-53)47-34-52-46(44-26-10-12-28-51(44)60-52)33-50(47)59-48-27-11-9-25-43(48)45-31-39-19-7-8-20-40(39)32-49(45)59/h1-34H. The minimum absolute atomic E-state index is 0.550. The highest BCUT2D eigenvalue weighted by Gasteiger charge is 2.23. The second-order valence-electron chi connectivity index (χ2n) is 15.2. The lowest BCUT2D eigenvalue weighted by Crippen LogP contribution is -2.04. The van der Waals surface area contributed by atoms with Crippen LogP contribution >= 0.6 is 0 Å². The molecule has 0 aliphatic rings. The molecule has 0 amide bonds. The smallest absolute Gasteiger partial charge is 0.166 e. The molecule has 5 nitrogen and oxygen atoms in total. The van der Waals surface area contributed by atoms with Crippen LogP contribution in [0.15, 0.2) is 211 Å². The Morgan fingerprint density at radius 2 is 0.850 bits per heavy atom. The number of para-hydroxylation sites is 2. The van der Waals surface area contributed by atoms with E-state index in [0.29, 0.717) is 17.5 Å². The zero-order valence-corrected chi connectivity index (χ0v) is 32.3. The molecule has 12 aromatic rings. The van der Waals surface area contributed by atoms with E-state index >= 15 is 0 Å². The van der Waals surface area contributed by atoms with Gasteiger partial charge in [-0.15, -0.1) is 0 Å². The number of aromatic nitrogens is 4. The summed E-state index contributed by atoms with van der Waals surface area (Å²) in [7, 11) is 0. The van der Waals surface area contributed by atoms with Crippen molar-refractivity contribution in [2.24, 2.45) is 0 Å². The monoisotopic (exact) mass is 766 g/mol. The van der Waals surface area contributed by atoms with E-state index in [1.807, 2.05) is 24.3 Å². The SMILES string of the molecule is c1ccc(-c2cccc(-c3nc(-c4cccc(-c5ccccc5)c4)nc(-c4cc5oc6ccccc6c5cc4-n4c5ccccc5c5cc6ccccc6cc54)n3)c2)cc1. The van der Waals surface area contributed by atoms with Crippen molar-refractivity contribution in [2.45, 2.75) is 0 Å². The van der Waals surface area contributed by atoms with Crippen LogP contribution in [0.25, 0.3) is 117 Å². The van der Waals surface area contributed by atoms with E-state index < -0.39 is 0 Å². The molecular weight excluding hydrogens is 733 g/mol. The van der Waals surface area contributed by atoms with E-state index in [2.05, 4.69) is 187 Å². The highest BCUT2D eigenvalue weighted by atomic mass is 16.3. The fourth-order valence-corrected chi connectivity index (χ4v) is 8.73. The Labute approximate surface area is 345 Å². The Bertz CT molecular complexity index is 3500. The number of hydrogen-bond acceptors (Lipinski definition) is 4. The molecule has 0 aliphatic heterocycles. The molecule has 0 spiro atoms. The van der Waals surface area contributed by atoms with Crippen LogP contribution in [0, 0.1) is 0 Å². The molecule has 12 rings (SSSR count). The summed E-state index contributed by atoms with van der Waals surface area (Å²) >= 11 is 0. The second kappa shape index (κ2) is 13.8. The summed E-state index contributed by atoms with van der Waals surface area (Å²) in [6.45, 7) is 0. The van der Waals surface area contributed by atoms with E-state index in [1.54, 1.807) is 0 Å². The first-order valence-corrected chi connectivity index (χ1v) is 20.2. The molecule has 5 heteroatoms. The van der Waals surface area contributed by atoms with Crippen LogP contribution in [0.2, 0.25) is 0 Å². The van der Waals surface area contributed by atoms with Crippen LogP contribution in [0.4, 0.5) is 0 Å². The quantitative estimate of drug-likeness (QED) is 0.169. The van der Waals surface area contributed by atoms with Gasteiger partial charge in [-0.25, -0.2) is 15.0 Å². The second-order valence-corrected chi connectivity index (χ2v) is 15.2. The average Bonchev–Trinajstić information content (AvgIpc) is 3.85. The molecule has 3 aromatic heterocycles. The van der Waals surface area contributed by atoms with Crippen molar-refractivity contribution in [1.29, 1.82) is 0 Å². The summed E-state index contributed by atoms with van der Waals surface area (Å²) in [6.07, 6.45) is 0. The van der Waals surface area contributed by atoms with Crippen molar-refractivity contribution in [2.75, 3.05) is 0 Å². The fraction of sp³-hybridized carbons (Fsp3) is 0. The number of hydrogen-bond donors (Lipinski definition) is 0. The third-order valence-electron chi connectivity index (χ3n) is 11.6. The lowest BCUT2D eigenvalue weighted by Gasteiger charge is -2.15.